The quantitative estimate of drug-likeness (QED) is 0.600. The molecular weight excluding hydrogens is 412 g/mol. The smallest absolute Gasteiger partial charge is 0.257 e. The molecule has 0 radical (unpaired) electrons. The van der Waals surface area contributed by atoms with Crippen LogP contribution in [0.1, 0.15) is 40.6 Å². The van der Waals surface area contributed by atoms with Crippen LogP contribution < -0.4 is 9.80 Å². The number of benzene rings is 2. The number of nitrogens with zero attached hydrogens (tertiary/aromatic N) is 4. The standard InChI is InChI=1S/C27H28N4O2/c1-20-17-22-5-2-3-6-25(22)31(20)19-26-24(11-16-33-26)27(32)30-13-4-12-29(14-15-30)23-9-7-21(18-28)8-10-23/h2-3,5-11,16,20H,4,12-15,17,19H2,1H3. The van der Waals surface area contributed by atoms with Crippen LogP contribution in [0.3, 0.4) is 0 Å². The van der Waals surface area contributed by atoms with Crippen LogP contribution in [0.2, 0.25) is 0 Å². The van der Waals surface area contributed by atoms with Gasteiger partial charge >= 0.3 is 0 Å². The van der Waals surface area contributed by atoms with Crippen molar-refractivity contribution in [3.8, 4) is 6.07 Å². The zero-order chi connectivity index (χ0) is 22.8. The maximum Gasteiger partial charge on any atom is 0.257 e. The van der Waals surface area contributed by atoms with Crippen LogP contribution in [0.25, 0.3) is 0 Å². The van der Waals surface area contributed by atoms with Gasteiger partial charge in [-0.05, 0) is 61.7 Å². The lowest BCUT2D eigenvalue weighted by molar-refractivity contribution is 0.0764. The van der Waals surface area contributed by atoms with Crippen LogP contribution in [0, 0.1) is 11.3 Å². The van der Waals surface area contributed by atoms with Crippen molar-refractivity contribution in [1.82, 2.24) is 4.90 Å². The highest BCUT2D eigenvalue weighted by atomic mass is 16.3. The summed E-state index contributed by atoms with van der Waals surface area (Å²) in [6, 6.07) is 20.5. The van der Waals surface area contributed by atoms with Gasteiger partial charge < -0.3 is 19.1 Å². The average molecular weight is 441 g/mol. The Morgan fingerprint density at radius 3 is 2.70 bits per heavy atom. The first-order valence-electron chi connectivity index (χ1n) is 11.6. The Hall–Kier alpha value is -3.72. The average Bonchev–Trinajstić information content (AvgIpc) is 3.34. The van der Waals surface area contributed by atoms with E-state index in [1.807, 2.05) is 35.2 Å². The predicted molar refractivity (Wildman–Crippen MR) is 128 cm³/mol. The van der Waals surface area contributed by atoms with E-state index in [4.69, 9.17) is 9.68 Å². The largest absolute Gasteiger partial charge is 0.467 e. The summed E-state index contributed by atoms with van der Waals surface area (Å²) in [6.07, 6.45) is 3.54. The van der Waals surface area contributed by atoms with E-state index in [1.54, 1.807) is 6.26 Å². The second-order valence-corrected chi connectivity index (χ2v) is 8.86. The van der Waals surface area contributed by atoms with E-state index in [0.29, 0.717) is 30.3 Å². The van der Waals surface area contributed by atoms with E-state index in [-0.39, 0.29) is 5.91 Å². The maximum absolute atomic E-state index is 13.5. The number of anilines is 2. The Morgan fingerprint density at radius 2 is 1.88 bits per heavy atom. The molecule has 3 aromatic rings. The molecule has 0 bridgehead atoms. The second-order valence-electron chi connectivity index (χ2n) is 8.86. The number of carbonyl (C=O) groups excluding carboxylic acids is 1. The van der Waals surface area contributed by atoms with Crippen LogP contribution >= 0.6 is 0 Å². The van der Waals surface area contributed by atoms with Crippen molar-refractivity contribution in [2.24, 2.45) is 0 Å². The van der Waals surface area contributed by atoms with Gasteiger partial charge in [-0.25, -0.2) is 0 Å². The van der Waals surface area contributed by atoms with Gasteiger partial charge in [-0.2, -0.15) is 5.26 Å². The molecule has 33 heavy (non-hydrogen) atoms. The van der Waals surface area contributed by atoms with Crippen molar-refractivity contribution in [2.75, 3.05) is 36.0 Å². The fourth-order valence-electron chi connectivity index (χ4n) is 4.97. The van der Waals surface area contributed by atoms with Gasteiger partial charge in [0.05, 0.1) is 30.0 Å². The molecule has 168 valence electrons. The minimum absolute atomic E-state index is 0.0422. The van der Waals surface area contributed by atoms with Crippen molar-refractivity contribution in [3.63, 3.8) is 0 Å². The second kappa shape index (κ2) is 9.03. The molecule has 6 heteroatoms. The van der Waals surface area contributed by atoms with Crippen molar-refractivity contribution in [3.05, 3.63) is 83.3 Å². The molecule has 1 atom stereocenters. The number of amides is 1. The molecule has 0 saturated carbocycles. The van der Waals surface area contributed by atoms with E-state index in [2.05, 4.69) is 47.1 Å². The number of nitriles is 1. The molecule has 1 unspecified atom stereocenters. The van der Waals surface area contributed by atoms with Gasteiger partial charge in [-0.3, -0.25) is 4.79 Å². The zero-order valence-corrected chi connectivity index (χ0v) is 18.9. The molecule has 0 spiro atoms. The van der Waals surface area contributed by atoms with Crippen molar-refractivity contribution >= 4 is 17.3 Å². The third-order valence-corrected chi connectivity index (χ3v) is 6.78. The summed E-state index contributed by atoms with van der Waals surface area (Å²) in [5, 5.41) is 9.03. The summed E-state index contributed by atoms with van der Waals surface area (Å²) in [7, 11) is 0. The topological polar surface area (TPSA) is 63.7 Å². The van der Waals surface area contributed by atoms with Crippen LogP contribution in [-0.2, 0) is 13.0 Å². The third-order valence-electron chi connectivity index (χ3n) is 6.78. The number of rotatable bonds is 4. The minimum Gasteiger partial charge on any atom is -0.467 e. The molecule has 3 heterocycles. The molecular formula is C27H28N4O2. The predicted octanol–water partition coefficient (Wildman–Crippen LogP) is 4.45. The summed E-state index contributed by atoms with van der Waals surface area (Å²) in [4.78, 5) is 20.0. The first-order valence-corrected chi connectivity index (χ1v) is 11.6. The first-order chi connectivity index (χ1) is 16.1. The normalized spacial score (nSPS) is 18.1. The molecule has 6 nitrogen and oxygen atoms in total. The summed E-state index contributed by atoms with van der Waals surface area (Å²) in [5.41, 5.74) is 4.99. The number of furan rings is 1. The summed E-state index contributed by atoms with van der Waals surface area (Å²) >= 11 is 0. The third kappa shape index (κ3) is 4.19. The lowest BCUT2D eigenvalue weighted by atomic mass is 10.1. The minimum atomic E-state index is 0.0422. The number of hydrogen-bond donors (Lipinski definition) is 0. The Labute approximate surface area is 194 Å². The van der Waals surface area contributed by atoms with Crippen LogP contribution in [0.4, 0.5) is 11.4 Å². The van der Waals surface area contributed by atoms with Gasteiger partial charge in [-0.1, -0.05) is 18.2 Å². The van der Waals surface area contributed by atoms with E-state index in [1.165, 1.54) is 11.3 Å². The molecule has 1 saturated heterocycles. The SMILES string of the molecule is CC1Cc2ccccc2N1Cc1occc1C(=O)N1CCCN(c2ccc(C#N)cc2)CC1. The number of hydrogen-bond acceptors (Lipinski definition) is 5. The van der Waals surface area contributed by atoms with Crippen LogP contribution in [-0.4, -0.2) is 43.0 Å². The number of para-hydroxylation sites is 1. The lowest BCUT2D eigenvalue weighted by Crippen LogP contribution is -2.36. The Kier molecular flexibility index (Phi) is 5.78. The Balaban J connectivity index is 1.28. The van der Waals surface area contributed by atoms with Gasteiger partial charge in [0.25, 0.3) is 5.91 Å². The molecule has 2 aliphatic rings. The Morgan fingerprint density at radius 1 is 1.06 bits per heavy atom. The van der Waals surface area contributed by atoms with Crippen molar-refractivity contribution in [1.29, 1.82) is 5.26 Å². The molecule has 2 aromatic carbocycles. The molecule has 0 N–H and O–H groups in total. The Bertz CT molecular complexity index is 1180. The summed E-state index contributed by atoms with van der Waals surface area (Å²) in [6.45, 7) is 5.84. The van der Waals surface area contributed by atoms with E-state index < -0.39 is 0 Å². The number of fused-ring (bicyclic) bond motifs is 1. The highest BCUT2D eigenvalue weighted by Gasteiger charge is 2.29. The van der Waals surface area contributed by atoms with Gasteiger partial charge in [0.1, 0.15) is 5.76 Å². The number of carbonyl (C=O) groups is 1. The molecule has 1 aromatic heterocycles. The fourth-order valence-corrected chi connectivity index (χ4v) is 4.97. The molecule has 5 rings (SSSR count). The van der Waals surface area contributed by atoms with Gasteiger partial charge in [0.15, 0.2) is 0 Å². The van der Waals surface area contributed by atoms with Gasteiger partial charge in [0.2, 0.25) is 0 Å². The highest BCUT2D eigenvalue weighted by Crippen LogP contribution is 2.34. The van der Waals surface area contributed by atoms with Gasteiger partial charge in [0, 0.05) is 43.6 Å². The van der Waals surface area contributed by atoms with Crippen LogP contribution in [0.5, 0.6) is 0 Å². The molecule has 1 fully saturated rings. The van der Waals surface area contributed by atoms with Gasteiger partial charge in [-0.15, -0.1) is 0 Å². The fraction of sp³-hybridized carbons (Fsp3) is 0.333. The van der Waals surface area contributed by atoms with Crippen molar-refractivity contribution < 1.29 is 9.21 Å². The summed E-state index contributed by atoms with van der Waals surface area (Å²) < 4.78 is 5.82. The monoisotopic (exact) mass is 440 g/mol. The van der Waals surface area contributed by atoms with E-state index >= 15 is 0 Å². The maximum atomic E-state index is 13.5. The molecule has 1 amide bonds. The lowest BCUT2D eigenvalue weighted by Gasteiger charge is -2.25. The highest BCUT2D eigenvalue weighted by molar-refractivity contribution is 5.95. The van der Waals surface area contributed by atoms with E-state index in [0.717, 1.165) is 43.9 Å². The van der Waals surface area contributed by atoms with E-state index in [9.17, 15) is 4.79 Å². The zero-order valence-electron chi connectivity index (χ0n) is 18.9. The first kappa shape index (κ1) is 21.1. The molecule has 0 aliphatic carbocycles. The summed E-state index contributed by atoms with van der Waals surface area (Å²) in [5.74, 6) is 0.775. The molecule has 2 aliphatic heterocycles. The van der Waals surface area contributed by atoms with Crippen molar-refractivity contribution in [2.45, 2.75) is 32.4 Å². The van der Waals surface area contributed by atoms with Crippen LogP contribution in [0.15, 0.2) is 65.3 Å².